The van der Waals surface area contributed by atoms with Crippen molar-refractivity contribution in [2.24, 2.45) is 0 Å². The van der Waals surface area contributed by atoms with Crippen molar-refractivity contribution in [3.05, 3.63) is 71.3 Å². The zero-order valence-electron chi connectivity index (χ0n) is 17.6. The Kier molecular flexibility index (Phi) is 6.34. The van der Waals surface area contributed by atoms with E-state index < -0.39 is 17.7 Å². The maximum absolute atomic E-state index is 13.0. The molecule has 1 atom stereocenters. The smallest absolute Gasteiger partial charge is 0.295 e. The topological polar surface area (TPSA) is 82.1 Å². The Bertz CT molecular complexity index is 966. The number of benzene rings is 2. The van der Waals surface area contributed by atoms with Crippen LogP contribution in [0.1, 0.15) is 17.2 Å². The summed E-state index contributed by atoms with van der Waals surface area (Å²) >= 11 is 0. The maximum Gasteiger partial charge on any atom is 0.295 e. The third kappa shape index (κ3) is 4.33. The van der Waals surface area contributed by atoms with E-state index in [9.17, 15) is 14.7 Å². The molecule has 7 heteroatoms. The van der Waals surface area contributed by atoms with Crippen molar-refractivity contribution in [1.29, 1.82) is 0 Å². The number of piperazine rings is 1. The first-order valence-electron chi connectivity index (χ1n) is 10.5. The average molecular weight is 421 g/mol. The van der Waals surface area contributed by atoms with Crippen molar-refractivity contribution in [2.75, 3.05) is 46.4 Å². The number of rotatable bonds is 6. The number of methoxy groups -OCH3 is 1. The van der Waals surface area contributed by atoms with Crippen molar-refractivity contribution >= 4 is 17.4 Å². The summed E-state index contributed by atoms with van der Waals surface area (Å²) in [5.41, 5.74) is 1.40. The first kappa shape index (κ1) is 21.1. The van der Waals surface area contributed by atoms with Crippen LogP contribution in [0.4, 0.5) is 0 Å². The summed E-state index contributed by atoms with van der Waals surface area (Å²) in [5, 5.41) is 14.4. The minimum absolute atomic E-state index is 0.127. The highest BCUT2D eigenvalue weighted by Gasteiger charge is 2.45. The van der Waals surface area contributed by atoms with Gasteiger partial charge >= 0.3 is 0 Å². The number of aliphatic hydroxyl groups excluding tert-OH is 1. The number of ketones is 1. The van der Waals surface area contributed by atoms with Crippen LogP contribution in [0.15, 0.2) is 60.2 Å². The highest BCUT2D eigenvalue weighted by atomic mass is 16.5. The molecular weight excluding hydrogens is 394 g/mol. The molecule has 0 bridgehead atoms. The van der Waals surface area contributed by atoms with Crippen LogP contribution in [-0.4, -0.2) is 73.0 Å². The van der Waals surface area contributed by atoms with Gasteiger partial charge in [0.25, 0.3) is 11.7 Å². The third-order valence-corrected chi connectivity index (χ3v) is 5.89. The van der Waals surface area contributed by atoms with E-state index in [0.717, 1.165) is 31.7 Å². The fraction of sp³-hybridized carbons (Fsp3) is 0.333. The number of hydrogen-bond acceptors (Lipinski definition) is 6. The van der Waals surface area contributed by atoms with Gasteiger partial charge in [0, 0.05) is 44.8 Å². The molecule has 0 radical (unpaired) electrons. The van der Waals surface area contributed by atoms with Gasteiger partial charge in [-0.2, -0.15) is 0 Å². The molecule has 2 aliphatic heterocycles. The SMILES string of the molecule is COc1ccc(C(O)=C2C(=O)C(=O)N(CCN3CCNCC3)[C@@H]2c2ccccc2)cc1. The van der Waals surface area contributed by atoms with E-state index >= 15 is 0 Å². The van der Waals surface area contributed by atoms with Gasteiger partial charge in [-0.05, 0) is 29.8 Å². The van der Waals surface area contributed by atoms with Crippen LogP contribution in [0.25, 0.3) is 5.76 Å². The Morgan fingerprint density at radius 3 is 2.35 bits per heavy atom. The number of Topliss-reactive ketones (excluding diaryl/α,β-unsaturated/α-hetero) is 1. The fourth-order valence-corrected chi connectivity index (χ4v) is 4.18. The summed E-state index contributed by atoms with van der Waals surface area (Å²) in [6.07, 6.45) is 0. The number of likely N-dealkylation sites (tertiary alicyclic amines) is 1. The van der Waals surface area contributed by atoms with Crippen LogP contribution >= 0.6 is 0 Å². The van der Waals surface area contributed by atoms with Gasteiger partial charge in [-0.3, -0.25) is 14.5 Å². The number of amides is 1. The molecule has 162 valence electrons. The average Bonchev–Trinajstić information content (AvgIpc) is 3.08. The Morgan fingerprint density at radius 1 is 1.03 bits per heavy atom. The zero-order valence-corrected chi connectivity index (χ0v) is 17.6. The fourth-order valence-electron chi connectivity index (χ4n) is 4.18. The zero-order chi connectivity index (χ0) is 21.8. The van der Waals surface area contributed by atoms with Gasteiger partial charge in [0.05, 0.1) is 18.7 Å². The molecule has 2 N–H and O–H groups in total. The maximum atomic E-state index is 13.0. The van der Waals surface area contributed by atoms with E-state index in [0.29, 0.717) is 24.4 Å². The number of carbonyl (C=O) groups excluding carboxylic acids is 2. The van der Waals surface area contributed by atoms with Crippen LogP contribution in [0.3, 0.4) is 0 Å². The summed E-state index contributed by atoms with van der Waals surface area (Å²) in [4.78, 5) is 29.9. The molecule has 0 saturated carbocycles. The van der Waals surface area contributed by atoms with Gasteiger partial charge in [0.15, 0.2) is 0 Å². The van der Waals surface area contributed by atoms with Crippen LogP contribution in [0, 0.1) is 0 Å². The molecule has 2 fully saturated rings. The minimum Gasteiger partial charge on any atom is -0.507 e. The second-order valence-electron chi connectivity index (χ2n) is 7.72. The predicted molar refractivity (Wildman–Crippen MR) is 118 cm³/mol. The number of aliphatic hydroxyl groups is 1. The van der Waals surface area contributed by atoms with E-state index in [1.54, 1.807) is 36.3 Å². The van der Waals surface area contributed by atoms with Crippen LogP contribution in [0.2, 0.25) is 0 Å². The predicted octanol–water partition coefficient (Wildman–Crippen LogP) is 2.02. The molecule has 0 aliphatic carbocycles. The molecule has 31 heavy (non-hydrogen) atoms. The molecule has 0 unspecified atom stereocenters. The first-order valence-corrected chi connectivity index (χ1v) is 10.5. The summed E-state index contributed by atoms with van der Waals surface area (Å²) < 4.78 is 5.17. The van der Waals surface area contributed by atoms with Crippen molar-refractivity contribution < 1.29 is 19.4 Å². The quantitative estimate of drug-likeness (QED) is 0.422. The second-order valence-corrected chi connectivity index (χ2v) is 7.72. The van der Waals surface area contributed by atoms with Gasteiger partial charge < -0.3 is 20.1 Å². The van der Waals surface area contributed by atoms with Gasteiger partial charge in [-0.25, -0.2) is 0 Å². The lowest BCUT2D eigenvalue weighted by molar-refractivity contribution is -0.140. The molecule has 2 aromatic carbocycles. The molecule has 2 aliphatic rings. The summed E-state index contributed by atoms with van der Waals surface area (Å²) in [6, 6.07) is 15.6. The van der Waals surface area contributed by atoms with E-state index in [1.165, 1.54) is 0 Å². The monoisotopic (exact) mass is 421 g/mol. The van der Waals surface area contributed by atoms with Gasteiger partial charge in [-0.1, -0.05) is 30.3 Å². The van der Waals surface area contributed by atoms with Crippen molar-refractivity contribution in [3.8, 4) is 5.75 Å². The summed E-state index contributed by atoms with van der Waals surface area (Å²) in [6.45, 7) is 4.75. The largest absolute Gasteiger partial charge is 0.507 e. The number of ether oxygens (including phenoxy) is 1. The van der Waals surface area contributed by atoms with E-state index in [1.807, 2.05) is 30.3 Å². The van der Waals surface area contributed by atoms with Crippen molar-refractivity contribution in [2.45, 2.75) is 6.04 Å². The Hall–Kier alpha value is -3.16. The number of carbonyl (C=O) groups is 2. The van der Waals surface area contributed by atoms with Crippen LogP contribution in [-0.2, 0) is 9.59 Å². The Balaban J connectivity index is 1.70. The minimum atomic E-state index is -0.650. The van der Waals surface area contributed by atoms with Crippen LogP contribution in [0.5, 0.6) is 5.75 Å². The Morgan fingerprint density at radius 2 is 1.71 bits per heavy atom. The molecule has 7 nitrogen and oxygen atoms in total. The van der Waals surface area contributed by atoms with Crippen molar-refractivity contribution in [3.63, 3.8) is 0 Å². The highest BCUT2D eigenvalue weighted by molar-refractivity contribution is 6.46. The van der Waals surface area contributed by atoms with Crippen molar-refractivity contribution in [1.82, 2.24) is 15.1 Å². The second kappa shape index (κ2) is 9.32. The number of nitrogens with zero attached hydrogens (tertiary/aromatic N) is 2. The number of hydrogen-bond donors (Lipinski definition) is 2. The van der Waals surface area contributed by atoms with Gasteiger partial charge in [-0.15, -0.1) is 0 Å². The van der Waals surface area contributed by atoms with Gasteiger partial charge in [0.1, 0.15) is 11.5 Å². The Labute approximate surface area is 181 Å². The number of nitrogens with one attached hydrogen (secondary N) is 1. The van der Waals surface area contributed by atoms with E-state index in [4.69, 9.17) is 4.74 Å². The molecule has 2 aromatic rings. The highest BCUT2D eigenvalue weighted by Crippen LogP contribution is 2.39. The molecule has 1 amide bonds. The normalized spacial score (nSPS) is 21.5. The lowest BCUT2D eigenvalue weighted by atomic mass is 9.95. The molecule has 2 heterocycles. The standard InChI is InChI=1S/C24H27N3O4/c1-31-19-9-7-18(8-10-19)22(28)20-21(17-5-3-2-4-6-17)27(24(30)23(20)29)16-15-26-13-11-25-12-14-26/h2-10,21,25,28H,11-16H2,1H3/t21-/m1/s1. The van der Waals surface area contributed by atoms with Crippen LogP contribution < -0.4 is 10.1 Å². The van der Waals surface area contributed by atoms with E-state index in [2.05, 4.69) is 10.2 Å². The molecule has 0 aromatic heterocycles. The van der Waals surface area contributed by atoms with E-state index in [-0.39, 0.29) is 11.3 Å². The summed E-state index contributed by atoms with van der Waals surface area (Å²) in [5.74, 6) is -0.742. The first-order chi connectivity index (χ1) is 15.1. The lowest BCUT2D eigenvalue weighted by Gasteiger charge is -2.31. The molecular formula is C24H27N3O4. The van der Waals surface area contributed by atoms with Gasteiger partial charge in [0.2, 0.25) is 0 Å². The molecule has 4 rings (SSSR count). The summed E-state index contributed by atoms with van der Waals surface area (Å²) in [7, 11) is 1.56. The third-order valence-electron chi connectivity index (χ3n) is 5.89. The lowest BCUT2D eigenvalue weighted by Crippen LogP contribution is -2.46. The molecule has 2 saturated heterocycles. The molecule has 0 spiro atoms.